The minimum absolute atomic E-state index is 0.0532. The lowest BCUT2D eigenvalue weighted by Gasteiger charge is -2.08. The van der Waals surface area contributed by atoms with Gasteiger partial charge >= 0.3 is 0 Å². The summed E-state index contributed by atoms with van der Waals surface area (Å²) in [6.45, 7) is 4.36. The monoisotopic (exact) mass is 398 g/mol. The lowest BCUT2D eigenvalue weighted by molar-refractivity contribution is 0.0953. The molecule has 6 heteroatoms. The van der Waals surface area contributed by atoms with Gasteiger partial charge in [0.05, 0.1) is 12.8 Å². The molecule has 150 valence electrons. The van der Waals surface area contributed by atoms with Crippen LogP contribution in [0, 0.1) is 13.8 Å². The van der Waals surface area contributed by atoms with Crippen LogP contribution in [0.15, 0.2) is 76.8 Å². The van der Waals surface area contributed by atoms with Crippen LogP contribution >= 0.6 is 0 Å². The highest BCUT2D eigenvalue weighted by molar-refractivity contribution is 6.01. The number of nitrogens with one attached hydrogen (secondary N) is 2. The number of amides is 1. The predicted molar refractivity (Wildman–Crippen MR) is 119 cm³/mol. The average Bonchev–Trinajstić information content (AvgIpc) is 3.06. The van der Waals surface area contributed by atoms with Crippen molar-refractivity contribution in [1.29, 1.82) is 0 Å². The van der Waals surface area contributed by atoms with Crippen molar-refractivity contribution >= 4 is 23.0 Å². The number of carbonyl (C=O) groups is 1. The van der Waals surface area contributed by atoms with E-state index in [9.17, 15) is 9.59 Å². The summed E-state index contributed by atoms with van der Waals surface area (Å²) in [4.78, 5) is 28.6. The zero-order valence-electron chi connectivity index (χ0n) is 16.8. The number of rotatable bonds is 5. The Balaban J connectivity index is 1.52. The standard InChI is InChI=1S/C24H22N4O2/c1-16-9-11-18(12-10-16)15-28-13-5-7-20(24(28)30)23(29)27-25-14-21-17(2)26-22-8-4-3-6-19(21)22/h3-14,26H,15H2,1-2H3,(H,27,29)/b25-14-. The van der Waals surface area contributed by atoms with Crippen LogP contribution in [-0.2, 0) is 6.54 Å². The van der Waals surface area contributed by atoms with Crippen molar-refractivity contribution in [3.05, 3.63) is 105 Å². The van der Waals surface area contributed by atoms with Crippen molar-refractivity contribution in [2.45, 2.75) is 20.4 Å². The summed E-state index contributed by atoms with van der Waals surface area (Å²) in [6.07, 6.45) is 3.28. The minimum atomic E-state index is -0.535. The third-order valence-electron chi connectivity index (χ3n) is 5.04. The lowest BCUT2D eigenvalue weighted by Crippen LogP contribution is -2.30. The number of carbonyl (C=O) groups excluding carboxylic acids is 1. The Bertz CT molecular complexity index is 1300. The average molecular weight is 398 g/mol. The molecule has 4 aromatic rings. The van der Waals surface area contributed by atoms with Crippen molar-refractivity contribution in [3.8, 4) is 0 Å². The number of nitrogens with zero attached hydrogens (tertiary/aromatic N) is 2. The molecule has 0 aliphatic rings. The van der Waals surface area contributed by atoms with E-state index >= 15 is 0 Å². The molecule has 0 spiro atoms. The number of hydrogen-bond donors (Lipinski definition) is 2. The van der Waals surface area contributed by atoms with Gasteiger partial charge in [-0.3, -0.25) is 9.59 Å². The van der Waals surface area contributed by atoms with E-state index in [-0.39, 0.29) is 11.1 Å². The Hall–Kier alpha value is -3.93. The molecule has 2 N–H and O–H groups in total. The smallest absolute Gasteiger partial charge is 0.276 e. The number of hydrogen-bond acceptors (Lipinski definition) is 3. The van der Waals surface area contributed by atoms with Crippen LogP contribution in [0.1, 0.15) is 32.7 Å². The molecular formula is C24H22N4O2. The van der Waals surface area contributed by atoms with Gasteiger partial charge in [0.2, 0.25) is 0 Å². The topological polar surface area (TPSA) is 79.2 Å². The Morgan fingerprint density at radius 2 is 1.83 bits per heavy atom. The number of aryl methyl sites for hydroxylation is 2. The van der Waals surface area contributed by atoms with E-state index in [1.807, 2.05) is 62.4 Å². The molecule has 2 aromatic carbocycles. The Morgan fingerprint density at radius 3 is 2.63 bits per heavy atom. The first-order valence-electron chi connectivity index (χ1n) is 9.68. The fourth-order valence-electron chi connectivity index (χ4n) is 3.40. The summed E-state index contributed by atoms with van der Waals surface area (Å²) in [6, 6.07) is 19.0. The van der Waals surface area contributed by atoms with Crippen LogP contribution in [0.2, 0.25) is 0 Å². The summed E-state index contributed by atoms with van der Waals surface area (Å²) in [5, 5.41) is 5.09. The van der Waals surface area contributed by atoms with Crippen molar-refractivity contribution in [1.82, 2.24) is 15.0 Å². The predicted octanol–water partition coefficient (Wildman–Crippen LogP) is 3.76. The van der Waals surface area contributed by atoms with Crippen LogP contribution in [0.4, 0.5) is 0 Å². The number of benzene rings is 2. The van der Waals surface area contributed by atoms with Crippen LogP contribution in [0.3, 0.4) is 0 Å². The van der Waals surface area contributed by atoms with Gasteiger partial charge in [-0.2, -0.15) is 5.10 Å². The number of pyridine rings is 1. The molecule has 0 aliphatic heterocycles. The van der Waals surface area contributed by atoms with Crippen molar-refractivity contribution in [2.24, 2.45) is 5.10 Å². The van der Waals surface area contributed by atoms with E-state index in [0.717, 1.165) is 33.3 Å². The fraction of sp³-hybridized carbons (Fsp3) is 0.125. The van der Waals surface area contributed by atoms with Gasteiger partial charge in [0.1, 0.15) is 5.56 Å². The zero-order chi connectivity index (χ0) is 21.1. The van der Waals surface area contributed by atoms with Crippen LogP contribution < -0.4 is 11.0 Å². The summed E-state index contributed by atoms with van der Waals surface area (Å²) in [5.41, 5.74) is 7.18. The molecule has 0 atom stereocenters. The summed E-state index contributed by atoms with van der Waals surface area (Å²) >= 11 is 0. The second-order valence-electron chi connectivity index (χ2n) is 7.25. The molecular weight excluding hydrogens is 376 g/mol. The normalized spacial score (nSPS) is 11.3. The third kappa shape index (κ3) is 3.93. The SMILES string of the molecule is Cc1ccc(Cn2cccc(C(=O)N/N=C\c3c(C)[nH]c4ccccc34)c2=O)cc1. The van der Waals surface area contributed by atoms with Gasteiger partial charge < -0.3 is 9.55 Å². The van der Waals surface area contributed by atoms with E-state index in [1.165, 1.54) is 10.6 Å². The van der Waals surface area contributed by atoms with Gasteiger partial charge in [-0.15, -0.1) is 0 Å². The highest BCUT2D eigenvalue weighted by Gasteiger charge is 2.12. The number of hydrazone groups is 1. The largest absolute Gasteiger partial charge is 0.358 e. The summed E-state index contributed by atoms with van der Waals surface area (Å²) in [7, 11) is 0. The van der Waals surface area contributed by atoms with Crippen LogP contribution in [-0.4, -0.2) is 21.7 Å². The zero-order valence-corrected chi connectivity index (χ0v) is 16.8. The number of aromatic nitrogens is 2. The number of aromatic amines is 1. The first-order chi connectivity index (χ1) is 14.5. The molecule has 0 saturated carbocycles. The van der Waals surface area contributed by atoms with Gasteiger partial charge in [-0.25, -0.2) is 5.43 Å². The minimum Gasteiger partial charge on any atom is -0.358 e. The molecule has 0 radical (unpaired) electrons. The van der Waals surface area contributed by atoms with Gasteiger partial charge in [0.15, 0.2) is 0 Å². The summed E-state index contributed by atoms with van der Waals surface area (Å²) in [5.74, 6) is -0.535. The van der Waals surface area contributed by atoms with Crippen LogP contribution in [0.5, 0.6) is 0 Å². The van der Waals surface area contributed by atoms with E-state index in [0.29, 0.717) is 6.54 Å². The molecule has 1 amide bonds. The van der Waals surface area contributed by atoms with E-state index in [1.54, 1.807) is 18.5 Å². The molecule has 4 rings (SSSR count). The summed E-state index contributed by atoms with van der Waals surface area (Å²) < 4.78 is 1.52. The maximum atomic E-state index is 12.7. The van der Waals surface area contributed by atoms with Crippen molar-refractivity contribution in [3.63, 3.8) is 0 Å². The number of fused-ring (bicyclic) bond motifs is 1. The molecule has 0 aliphatic carbocycles. The Kier molecular flexibility index (Phi) is 5.30. The van der Waals surface area contributed by atoms with Gasteiger partial charge in [-0.05, 0) is 37.6 Å². The maximum absolute atomic E-state index is 12.7. The van der Waals surface area contributed by atoms with E-state index in [4.69, 9.17) is 0 Å². The van der Waals surface area contributed by atoms with E-state index < -0.39 is 5.91 Å². The Morgan fingerprint density at radius 1 is 1.07 bits per heavy atom. The van der Waals surface area contributed by atoms with Crippen molar-refractivity contribution in [2.75, 3.05) is 0 Å². The highest BCUT2D eigenvalue weighted by Crippen LogP contribution is 2.19. The number of H-pyrrole nitrogens is 1. The molecule has 0 unspecified atom stereocenters. The molecule has 0 saturated heterocycles. The van der Waals surface area contributed by atoms with Gasteiger partial charge in [0.25, 0.3) is 11.5 Å². The van der Waals surface area contributed by atoms with Crippen molar-refractivity contribution < 1.29 is 4.79 Å². The third-order valence-corrected chi connectivity index (χ3v) is 5.04. The maximum Gasteiger partial charge on any atom is 0.276 e. The number of para-hydroxylation sites is 1. The molecule has 0 bridgehead atoms. The first kappa shape index (κ1) is 19.4. The van der Waals surface area contributed by atoms with Crippen LogP contribution in [0.25, 0.3) is 10.9 Å². The van der Waals surface area contributed by atoms with E-state index in [2.05, 4.69) is 15.5 Å². The molecule has 6 nitrogen and oxygen atoms in total. The molecule has 2 heterocycles. The first-order valence-corrected chi connectivity index (χ1v) is 9.68. The molecule has 0 fully saturated rings. The lowest BCUT2D eigenvalue weighted by atomic mass is 10.1. The fourth-order valence-corrected chi connectivity index (χ4v) is 3.40. The second-order valence-corrected chi connectivity index (χ2v) is 7.25. The second kappa shape index (κ2) is 8.21. The molecule has 2 aromatic heterocycles. The molecule has 30 heavy (non-hydrogen) atoms. The Labute approximate surface area is 173 Å². The van der Waals surface area contributed by atoms with Gasteiger partial charge in [-0.1, -0.05) is 48.0 Å². The highest BCUT2D eigenvalue weighted by atomic mass is 16.2. The quantitative estimate of drug-likeness (QED) is 0.397. The van der Waals surface area contributed by atoms with Gasteiger partial charge in [0, 0.05) is 28.4 Å².